The molecule has 0 aliphatic carbocycles. The monoisotopic (exact) mass is 219 g/mol. The molecule has 0 saturated heterocycles. The number of carbonyl (C=O) groups is 2. The zero-order valence-electron chi connectivity index (χ0n) is 9.75. The average Bonchev–Trinajstić information content (AvgIpc) is 2.23. The summed E-state index contributed by atoms with van der Waals surface area (Å²) in [5.41, 5.74) is 2.36. The Morgan fingerprint density at radius 2 is 2.06 bits per heavy atom. The van der Waals surface area contributed by atoms with Crippen LogP contribution in [-0.4, -0.2) is 18.2 Å². The second-order valence-corrected chi connectivity index (χ2v) is 3.94. The fourth-order valence-corrected chi connectivity index (χ4v) is 1.46. The number of hydrogen-bond donors (Lipinski definition) is 1. The van der Waals surface area contributed by atoms with Crippen LogP contribution < -0.4 is 5.32 Å². The second kappa shape index (κ2) is 6.05. The highest BCUT2D eigenvalue weighted by Gasteiger charge is 2.03. The minimum Gasteiger partial charge on any atom is -0.349 e. The molecule has 0 aromatic heterocycles. The van der Waals surface area contributed by atoms with Gasteiger partial charge in [-0.1, -0.05) is 29.8 Å². The Morgan fingerprint density at radius 1 is 1.31 bits per heavy atom. The van der Waals surface area contributed by atoms with Crippen molar-refractivity contribution in [3.05, 3.63) is 35.4 Å². The fraction of sp³-hybridized carbons (Fsp3) is 0.385. The summed E-state index contributed by atoms with van der Waals surface area (Å²) in [6.45, 7) is 3.58. The van der Waals surface area contributed by atoms with Gasteiger partial charge in [-0.25, -0.2) is 0 Å². The lowest BCUT2D eigenvalue weighted by molar-refractivity contribution is -0.123. The smallest absolute Gasteiger partial charge is 0.217 e. The van der Waals surface area contributed by atoms with Crippen molar-refractivity contribution in [3.63, 3.8) is 0 Å². The molecule has 16 heavy (non-hydrogen) atoms. The van der Waals surface area contributed by atoms with Crippen LogP contribution in [0.15, 0.2) is 24.3 Å². The van der Waals surface area contributed by atoms with Crippen LogP contribution in [0, 0.1) is 6.92 Å². The van der Waals surface area contributed by atoms with E-state index in [1.165, 1.54) is 12.5 Å². The largest absolute Gasteiger partial charge is 0.349 e. The lowest BCUT2D eigenvalue weighted by Crippen LogP contribution is -2.27. The minimum atomic E-state index is -0.163. The summed E-state index contributed by atoms with van der Waals surface area (Å²) >= 11 is 0. The molecular weight excluding hydrogens is 202 g/mol. The molecule has 0 saturated carbocycles. The Labute approximate surface area is 95.9 Å². The van der Waals surface area contributed by atoms with Crippen molar-refractivity contribution < 1.29 is 9.59 Å². The molecule has 86 valence electrons. The summed E-state index contributed by atoms with van der Waals surface area (Å²) in [7, 11) is 0. The highest BCUT2D eigenvalue weighted by molar-refractivity contribution is 5.85. The van der Waals surface area contributed by atoms with E-state index >= 15 is 0 Å². The molecule has 0 aliphatic rings. The van der Waals surface area contributed by atoms with E-state index in [1.807, 2.05) is 25.1 Å². The fourth-order valence-electron chi connectivity index (χ4n) is 1.46. The summed E-state index contributed by atoms with van der Waals surface area (Å²) in [4.78, 5) is 22.0. The molecule has 0 bridgehead atoms. The molecular formula is C13H17NO2. The predicted octanol–water partition coefficient (Wildman–Crippen LogP) is 1.63. The number of Topliss-reactive ketones (excluding diaryl/α,β-unsaturated/α-hetero) is 1. The Bertz CT molecular complexity index is 385. The van der Waals surface area contributed by atoms with Gasteiger partial charge in [0.15, 0.2) is 5.78 Å². The lowest BCUT2D eigenvalue weighted by Gasteiger charge is -2.03. The molecule has 0 aliphatic heterocycles. The van der Waals surface area contributed by atoms with Crippen LogP contribution in [-0.2, 0) is 16.0 Å². The number of nitrogens with one attached hydrogen (secondary N) is 1. The molecule has 0 fully saturated rings. The van der Waals surface area contributed by atoms with E-state index in [1.54, 1.807) is 0 Å². The van der Waals surface area contributed by atoms with E-state index in [0.29, 0.717) is 6.42 Å². The van der Waals surface area contributed by atoms with Crippen molar-refractivity contribution in [3.8, 4) is 0 Å². The zero-order valence-corrected chi connectivity index (χ0v) is 9.75. The lowest BCUT2D eigenvalue weighted by atomic mass is 10.1. The van der Waals surface area contributed by atoms with E-state index in [4.69, 9.17) is 0 Å². The van der Waals surface area contributed by atoms with E-state index in [-0.39, 0.29) is 18.2 Å². The SMILES string of the molecule is CC(=O)NCC(=O)CCc1cccc(C)c1. The van der Waals surface area contributed by atoms with Gasteiger partial charge >= 0.3 is 0 Å². The standard InChI is InChI=1S/C13H17NO2/c1-10-4-3-5-12(8-10)6-7-13(16)9-14-11(2)15/h3-5,8H,6-7,9H2,1-2H3,(H,14,15). The van der Waals surface area contributed by atoms with Crippen LogP contribution >= 0.6 is 0 Å². The summed E-state index contributed by atoms with van der Waals surface area (Å²) < 4.78 is 0. The molecule has 0 heterocycles. The highest BCUT2D eigenvalue weighted by Crippen LogP contribution is 2.06. The first-order valence-corrected chi connectivity index (χ1v) is 5.39. The van der Waals surface area contributed by atoms with Crippen LogP contribution in [0.1, 0.15) is 24.5 Å². The maximum Gasteiger partial charge on any atom is 0.217 e. The van der Waals surface area contributed by atoms with Crippen LogP contribution in [0.4, 0.5) is 0 Å². The van der Waals surface area contributed by atoms with Gasteiger partial charge in [0.05, 0.1) is 6.54 Å². The molecule has 1 aromatic rings. The quantitative estimate of drug-likeness (QED) is 0.818. The molecule has 1 rings (SSSR count). The number of amides is 1. The van der Waals surface area contributed by atoms with E-state index in [2.05, 4.69) is 11.4 Å². The second-order valence-electron chi connectivity index (χ2n) is 3.94. The average molecular weight is 219 g/mol. The van der Waals surface area contributed by atoms with Gasteiger partial charge in [0.25, 0.3) is 0 Å². The van der Waals surface area contributed by atoms with Crippen LogP contribution in [0.2, 0.25) is 0 Å². The zero-order chi connectivity index (χ0) is 12.0. The van der Waals surface area contributed by atoms with E-state index < -0.39 is 0 Å². The summed E-state index contributed by atoms with van der Waals surface area (Å²) in [5, 5.41) is 2.50. The van der Waals surface area contributed by atoms with E-state index in [0.717, 1.165) is 12.0 Å². The third kappa shape index (κ3) is 4.73. The van der Waals surface area contributed by atoms with Gasteiger partial charge < -0.3 is 5.32 Å². The van der Waals surface area contributed by atoms with Gasteiger partial charge in [-0.3, -0.25) is 9.59 Å². The summed E-state index contributed by atoms with van der Waals surface area (Å²) in [6.07, 6.45) is 1.21. The normalized spacial score (nSPS) is 9.88. The van der Waals surface area contributed by atoms with Gasteiger partial charge in [0.2, 0.25) is 5.91 Å². The van der Waals surface area contributed by atoms with Crippen molar-refractivity contribution in [2.24, 2.45) is 0 Å². The molecule has 0 spiro atoms. The number of benzene rings is 1. The van der Waals surface area contributed by atoms with Crippen LogP contribution in [0.25, 0.3) is 0 Å². The molecule has 3 heteroatoms. The number of rotatable bonds is 5. The third-order valence-corrected chi connectivity index (χ3v) is 2.31. The van der Waals surface area contributed by atoms with Crippen molar-refractivity contribution >= 4 is 11.7 Å². The molecule has 0 atom stereocenters. The summed E-state index contributed by atoms with van der Waals surface area (Å²) in [5.74, 6) is -0.0967. The first-order valence-electron chi connectivity index (χ1n) is 5.39. The Hall–Kier alpha value is -1.64. The number of aryl methyl sites for hydroxylation is 2. The molecule has 0 unspecified atom stereocenters. The first kappa shape index (κ1) is 12.4. The van der Waals surface area contributed by atoms with Gasteiger partial charge in [-0.05, 0) is 18.9 Å². The van der Waals surface area contributed by atoms with Crippen molar-refractivity contribution in [2.45, 2.75) is 26.7 Å². The third-order valence-electron chi connectivity index (χ3n) is 2.31. The maximum absolute atomic E-state index is 11.4. The Kier molecular flexibility index (Phi) is 4.70. The highest BCUT2D eigenvalue weighted by atomic mass is 16.2. The van der Waals surface area contributed by atoms with Crippen molar-refractivity contribution in [2.75, 3.05) is 6.54 Å². The topological polar surface area (TPSA) is 46.2 Å². The number of carbonyl (C=O) groups excluding carboxylic acids is 2. The number of hydrogen-bond acceptors (Lipinski definition) is 2. The first-order chi connectivity index (χ1) is 7.58. The van der Waals surface area contributed by atoms with E-state index in [9.17, 15) is 9.59 Å². The maximum atomic E-state index is 11.4. The van der Waals surface area contributed by atoms with Crippen LogP contribution in [0.5, 0.6) is 0 Å². The Balaban J connectivity index is 2.34. The molecule has 1 amide bonds. The minimum absolute atomic E-state index is 0.0664. The number of ketones is 1. The van der Waals surface area contributed by atoms with Gasteiger partial charge in [-0.2, -0.15) is 0 Å². The summed E-state index contributed by atoms with van der Waals surface area (Å²) in [6, 6.07) is 8.11. The van der Waals surface area contributed by atoms with Crippen LogP contribution in [0.3, 0.4) is 0 Å². The molecule has 1 aromatic carbocycles. The molecule has 3 nitrogen and oxygen atoms in total. The molecule has 0 radical (unpaired) electrons. The molecule has 1 N–H and O–H groups in total. The van der Waals surface area contributed by atoms with Gasteiger partial charge in [-0.15, -0.1) is 0 Å². The predicted molar refractivity (Wildman–Crippen MR) is 63.2 cm³/mol. The van der Waals surface area contributed by atoms with Gasteiger partial charge in [0, 0.05) is 13.3 Å². The van der Waals surface area contributed by atoms with Crippen molar-refractivity contribution in [1.82, 2.24) is 5.32 Å². The van der Waals surface area contributed by atoms with Gasteiger partial charge in [0.1, 0.15) is 0 Å². The van der Waals surface area contributed by atoms with Crippen molar-refractivity contribution in [1.29, 1.82) is 0 Å². The Morgan fingerprint density at radius 3 is 2.69 bits per heavy atom.